The molecule has 0 aliphatic carbocycles. The lowest BCUT2D eigenvalue weighted by Gasteiger charge is -2.29. The fraction of sp³-hybridized carbons (Fsp3) is 0.667. The molecule has 0 saturated heterocycles. The highest BCUT2D eigenvalue weighted by Gasteiger charge is 2.32. The zero-order valence-corrected chi connectivity index (χ0v) is 24.0. The highest BCUT2D eigenvalue weighted by atomic mass is 79.9. The second kappa shape index (κ2) is 17.2. The number of carbonyl (C=O) groups is 1. The summed E-state index contributed by atoms with van der Waals surface area (Å²) in [6.45, 7) is 4.78. The number of unbranched alkanes of at least 4 members (excludes halogenated alkanes) is 4. The number of nitrogens with zero attached hydrogens (tertiary/aromatic N) is 2. The number of nitro benzene ring substituents is 1. The van der Waals surface area contributed by atoms with Gasteiger partial charge in [-0.15, -0.1) is 0 Å². The first kappa shape index (κ1) is 32.6. The predicted octanol–water partition coefficient (Wildman–Crippen LogP) is 3.82. The van der Waals surface area contributed by atoms with E-state index in [9.17, 15) is 27.9 Å². The van der Waals surface area contributed by atoms with Crippen LogP contribution in [0.5, 0.6) is 0 Å². The number of non-ortho nitro benzene ring substituents is 1. The highest BCUT2D eigenvalue weighted by molar-refractivity contribution is 9.09. The first-order valence-electron chi connectivity index (χ1n) is 11.8. The molecule has 36 heavy (non-hydrogen) atoms. The Bertz CT molecular complexity index is 955. The number of alkyl halides is 1. The highest BCUT2D eigenvalue weighted by Crippen LogP contribution is 2.51. The van der Waals surface area contributed by atoms with Gasteiger partial charge in [0.25, 0.3) is 5.69 Å². The van der Waals surface area contributed by atoms with Crippen molar-refractivity contribution in [2.75, 3.05) is 44.7 Å². The number of benzene rings is 1. The smallest absolute Gasteiger partial charge is 0.355 e. The Hall–Kier alpha value is -1.41. The summed E-state index contributed by atoms with van der Waals surface area (Å²) in [5.41, 5.74) is -0.210. The van der Waals surface area contributed by atoms with Gasteiger partial charge in [-0.05, 0) is 38.8 Å². The van der Waals surface area contributed by atoms with Gasteiger partial charge in [-0.3, -0.25) is 24.0 Å². The Morgan fingerprint density at radius 3 is 2.17 bits per heavy atom. The van der Waals surface area contributed by atoms with Gasteiger partial charge < -0.3 is 5.32 Å². The minimum atomic E-state index is -3.92. The van der Waals surface area contributed by atoms with E-state index in [0.717, 1.165) is 49.9 Å². The summed E-state index contributed by atoms with van der Waals surface area (Å²) in [4.78, 5) is 21.3. The van der Waals surface area contributed by atoms with Crippen LogP contribution in [-0.2, 0) is 28.4 Å². The molecule has 0 fully saturated rings. The van der Waals surface area contributed by atoms with E-state index < -0.39 is 22.7 Å². The Balaban J connectivity index is 2.66. The monoisotopic (exact) mass is 614 g/mol. The maximum atomic E-state index is 13.3. The van der Waals surface area contributed by atoms with Crippen LogP contribution in [-0.4, -0.2) is 68.6 Å². The fourth-order valence-electron chi connectivity index (χ4n) is 3.25. The number of amides is 1. The number of hydrogen-bond acceptors (Lipinski definition) is 8. The van der Waals surface area contributed by atoms with Crippen LogP contribution in [0.4, 0.5) is 5.69 Å². The molecule has 2 N–H and O–H groups in total. The molecule has 1 rings (SSSR count). The summed E-state index contributed by atoms with van der Waals surface area (Å²) in [5.74, 6) is -0.0440. The van der Waals surface area contributed by atoms with Crippen molar-refractivity contribution in [1.82, 2.24) is 14.7 Å². The molecule has 0 spiro atoms. The number of nitro groups is 1. The summed E-state index contributed by atoms with van der Waals surface area (Å²) in [7, 11) is -7.53. The largest absolute Gasteiger partial charge is 0.408 e. The molecule has 0 radical (unpaired) electrons. The minimum absolute atomic E-state index is 0.0440. The molecule has 0 bridgehead atoms. The summed E-state index contributed by atoms with van der Waals surface area (Å²) >= 11 is 3.10. The molecule has 12 nitrogen and oxygen atoms in total. The molecule has 0 heterocycles. The average Bonchev–Trinajstić information content (AvgIpc) is 2.84. The molecule has 0 unspecified atom stereocenters. The van der Waals surface area contributed by atoms with Crippen molar-refractivity contribution in [3.05, 3.63) is 34.4 Å². The molecule has 1 aromatic carbocycles. The maximum absolute atomic E-state index is 13.3. The van der Waals surface area contributed by atoms with Gasteiger partial charge in [0.05, 0.1) is 28.4 Å². The normalized spacial score (nSPS) is 12.1. The maximum Gasteiger partial charge on any atom is 0.408 e. The number of rotatable bonds is 20. The van der Waals surface area contributed by atoms with Crippen molar-refractivity contribution < 1.29 is 31.7 Å². The third-order valence-electron chi connectivity index (χ3n) is 4.99. The van der Waals surface area contributed by atoms with Crippen molar-refractivity contribution in [3.63, 3.8) is 0 Å². The van der Waals surface area contributed by atoms with Gasteiger partial charge >= 0.3 is 7.75 Å². The van der Waals surface area contributed by atoms with Gasteiger partial charge in [0.1, 0.15) is 0 Å². The van der Waals surface area contributed by atoms with Gasteiger partial charge in [0, 0.05) is 38.3 Å². The molecule has 0 aliphatic rings. The van der Waals surface area contributed by atoms with Gasteiger partial charge in [0.2, 0.25) is 15.9 Å². The van der Waals surface area contributed by atoms with Crippen molar-refractivity contribution in [1.29, 1.82) is 0 Å². The number of halogens is 1. The fourth-order valence-corrected chi connectivity index (χ4v) is 6.25. The average molecular weight is 615 g/mol. The van der Waals surface area contributed by atoms with Gasteiger partial charge in [-0.1, -0.05) is 35.2 Å². The van der Waals surface area contributed by atoms with E-state index in [0.29, 0.717) is 19.5 Å². The van der Waals surface area contributed by atoms with Gasteiger partial charge in [-0.2, -0.15) is 0 Å². The molecule has 0 aliphatic heterocycles. The van der Waals surface area contributed by atoms with Crippen molar-refractivity contribution >= 4 is 45.3 Å². The summed E-state index contributed by atoms with van der Waals surface area (Å²) < 4.78 is 53.4. The van der Waals surface area contributed by atoms with Crippen LogP contribution >= 0.6 is 23.7 Å². The Kier molecular flexibility index (Phi) is 15.6. The van der Waals surface area contributed by atoms with Crippen molar-refractivity contribution in [2.45, 2.75) is 50.8 Å². The lowest BCUT2D eigenvalue weighted by Crippen LogP contribution is -2.35. The predicted molar refractivity (Wildman–Crippen MR) is 141 cm³/mol. The number of sulfonamides is 1. The molecule has 0 aromatic heterocycles. The van der Waals surface area contributed by atoms with Crippen LogP contribution in [0.15, 0.2) is 29.2 Å². The SMILES string of the molecule is CCOP(=O)(OCC)N(CCCCCCCNC(=O)CBr)CCNS(=O)(=O)c1ccc([N+](=O)[O-])cc1. The van der Waals surface area contributed by atoms with E-state index in [1.54, 1.807) is 13.8 Å². The minimum Gasteiger partial charge on any atom is -0.355 e. The summed E-state index contributed by atoms with van der Waals surface area (Å²) in [5, 5.41) is 13.9. The van der Waals surface area contributed by atoms with E-state index in [4.69, 9.17) is 9.05 Å². The molecule has 0 atom stereocenters. The number of nitrogens with one attached hydrogen (secondary N) is 2. The zero-order chi connectivity index (χ0) is 27.0. The lowest BCUT2D eigenvalue weighted by molar-refractivity contribution is -0.384. The molecule has 206 valence electrons. The van der Waals surface area contributed by atoms with Crippen molar-refractivity contribution in [3.8, 4) is 0 Å². The molecule has 0 saturated carbocycles. The van der Waals surface area contributed by atoms with Gasteiger partial charge in [0.15, 0.2) is 0 Å². The van der Waals surface area contributed by atoms with Crippen LogP contribution in [0.2, 0.25) is 0 Å². The quantitative estimate of drug-likeness (QED) is 0.0732. The molecule has 15 heteroatoms. The van der Waals surface area contributed by atoms with Crippen LogP contribution < -0.4 is 10.0 Å². The molecular formula is C21H36BrN4O8PS. The Morgan fingerprint density at radius 2 is 1.61 bits per heavy atom. The topological polar surface area (TPSA) is 157 Å². The number of carbonyl (C=O) groups excluding carboxylic acids is 1. The van der Waals surface area contributed by atoms with Crippen LogP contribution in [0.1, 0.15) is 46.0 Å². The van der Waals surface area contributed by atoms with E-state index in [2.05, 4.69) is 26.0 Å². The van der Waals surface area contributed by atoms with Crippen LogP contribution in [0.25, 0.3) is 0 Å². The first-order chi connectivity index (χ1) is 17.1. The first-order valence-corrected chi connectivity index (χ1v) is 15.9. The second-order valence-corrected chi connectivity index (χ2v) is 12.0. The molecule has 1 aromatic rings. The third kappa shape index (κ3) is 11.8. The van der Waals surface area contributed by atoms with Crippen LogP contribution in [0.3, 0.4) is 0 Å². The summed E-state index contributed by atoms with van der Waals surface area (Å²) in [6, 6.07) is 4.56. The van der Waals surface area contributed by atoms with Gasteiger partial charge in [-0.25, -0.2) is 22.4 Å². The van der Waals surface area contributed by atoms with E-state index >= 15 is 0 Å². The van der Waals surface area contributed by atoms with Crippen molar-refractivity contribution in [2.24, 2.45) is 0 Å². The van der Waals surface area contributed by atoms with E-state index in [-0.39, 0.29) is 48.1 Å². The van der Waals surface area contributed by atoms with Crippen LogP contribution in [0, 0.1) is 10.1 Å². The zero-order valence-electron chi connectivity index (χ0n) is 20.7. The van der Waals surface area contributed by atoms with E-state index in [1.165, 1.54) is 4.67 Å². The number of hydrogen-bond donors (Lipinski definition) is 2. The molecular weight excluding hydrogens is 579 g/mol. The standard InChI is InChI=1S/C21H36BrN4O8PS/c1-3-33-35(30,34-4-2)25(16-9-7-5-6-8-14-23-21(27)18-22)17-15-24-36(31,32)20-12-10-19(11-13-20)26(28)29/h10-13,24H,3-9,14-18H2,1-2H3,(H,23,27). The van der Waals surface area contributed by atoms with E-state index in [1.807, 2.05) is 0 Å². The Labute approximate surface area is 221 Å². The summed E-state index contributed by atoms with van der Waals surface area (Å²) in [6.07, 6.45) is 4.29. The Morgan fingerprint density at radius 1 is 1.03 bits per heavy atom. The second-order valence-electron chi connectivity index (χ2n) is 7.66. The third-order valence-corrected chi connectivity index (χ3v) is 9.24. The lowest BCUT2D eigenvalue weighted by atomic mass is 10.1. The molecule has 1 amide bonds.